The summed E-state index contributed by atoms with van der Waals surface area (Å²) in [6.07, 6.45) is 8.82. The first kappa shape index (κ1) is 19.4. The Labute approximate surface area is 175 Å². The minimum atomic E-state index is -0.280. The van der Waals surface area contributed by atoms with Crippen LogP contribution in [0.15, 0.2) is 28.8 Å². The second kappa shape index (κ2) is 8.30. The van der Waals surface area contributed by atoms with Gasteiger partial charge >= 0.3 is 0 Å². The number of piperidine rings is 1. The summed E-state index contributed by atoms with van der Waals surface area (Å²) in [7, 11) is 0. The normalized spacial score (nSPS) is 18.9. The molecule has 1 aliphatic carbocycles. The number of nitrogens with zero attached hydrogens (tertiary/aromatic N) is 4. The fourth-order valence-corrected chi connectivity index (χ4v) is 4.80. The highest BCUT2D eigenvalue weighted by Crippen LogP contribution is 2.33. The van der Waals surface area contributed by atoms with Gasteiger partial charge in [-0.05, 0) is 50.8 Å². The third kappa shape index (κ3) is 4.03. The fraction of sp³-hybridized carbons (Fsp3) is 0.522. The maximum Gasteiger partial charge on any atom is 0.261 e. The monoisotopic (exact) mass is 409 g/mol. The van der Waals surface area contributed by atoms with Gasteiger partial charge in [-0.25, -0.2) is 9.37 Å². The number of aromatic nitrogens is 3. The predicted molar refractivity (Wildman–Crippen MR) is 115 cm³/mol. The van der Waals surface area contributed by atoms with E-state index in [1.54, 1.807) is 13.0 Å². The average molecular weight is 410 g/mol. The quantitative estimate of drug-likeness (QED) is 0.678. The molecule has 0 spiro atoms. The van der Waals surface area contributed by atoms with Crippen molar-refractivity contribution >= 4 is 16.7 Å². The van der Waals surface area contributed by atoms with E-state index in [1.807, 2.05) is 6.07 Å². The molecule has 1 aromatic carbocycles. The number of benzene rings is 1. The van der Waals surface area contributed by atoms with Crippen molar-refractivity contribution < 1.29 is 8.91 Å². The standard InChI is InChI=1S/C23H28FN5O/c1-15-25-23(30-28-15)20-13-16-7-8-17(24)14-21(16)27-22(20)29-11-9-19(10-12-29)26-18-5-3-2-4-6-18/h7-8,13-14,18-19,26H,2-6,9-12H2,1H3. The first-order valence-corrected chi connectivity index (χ1v) is 11.1. The summed E-state index contributed by atoms with van der Waals surface area (Å²) in [6, 6.07) is 7.89. The fourth-order valence-electron chi connectivity index (χ4n) is 4.80. The van der Waals surface area contributed by atoms with Crippen LogP contribution in [0.1, 0.15) is 50.8 Å². The van der Waals surface area contributed by atoms with Crippen LogP contribution in [-0.4, -0.2) is 40.3 Å². The van der Waals surface area contributed by atoms with Crippen molar-refractivity contribution in [3.8, 4) is 11.5 Å². The molecular weight excluding hydrogens is 381 g/mol. The number of fused-ring (bicyclic) bond motifs is 1. The van der Waals surface area contributed by atoms with E-state index in [0.29, 0.717) is 29.3 Å². The van der Waals surface area contributed by atoms with Crippen LogP contribution in [0.3, 0.4) is 0 Å². The van der Waals surface area contributed by atoms with Gasteiger partial charge in [-0.2, -0.15) is 4.98 Å². The van der Waals surface area contributed by atoms with Crippen molar-refractivity contribution in [2.45, 2.75) is 64.0 Å². The summed E-state index contributed by atoms with van der Waals surface area (Å²) in [6.45, 7) is 3.61. The second-order valence-electron chi connectivity index (χ2n) is 8.61. The zero-order valence-electron chi connectivity index (χ0n) is 17.4. The number of aryl methyl sites for hydroxylation is 1. The van der Waals surface area contributed by atoms with Crippen molar-refractivity contribution in [1.82, 2.24) is 20.4 Å². The summed E-state index contributed by atoms with van der Waals surface area (Å²) in [5.41, 5.74) is 1.46. The number of anilines is 1. The summed E-state index contributed by atoms with van der Waals surface area (Å²) in [4.78, 5) is 11.5. The molecule has 0 unspecified atom stereocenters. The molecule has 1 saturated heterocycles. The zero-order valence-corrected chi connectivity index (χ0v) is 17.4. The Morgan fingerprint density at radius 2 is 1.77 bits per heavy atom. The van der Waals surface area contributed by atoms with Crippen LogP contribution >= 0.6 is 0 Å². The molecule has 1 N–H and O–H groups in total. The van der Waals surface area contributed by atoms with Gasteiger partial charge in [-0.3, -0.25) is 0 Å². The molecule has 2 aliphatic rings. The van der Waals surface area contributed by atoms with Gasteiger partial charge in [0.15, 0.2) is 5.82 Å². The van der Waals surface area contributed by atoms with Gasteiger partial charge in [0.1, 0.15) is 11.6 Å². The van der Waals surface area contributed by atoms with Gasteiger partial charge < -0.3 is 14.7 Å². The molecule has 0 atom stereocenters. The highest BCUT2D eigenvalue weighted by molar-refractivity contribution is 5.88. The molecule has 5 rings (SSSR count). The van der Waals surface area contributed by atoms with E-state index >= 15 is 0 Å². The number of rotatable bonds is 4. The summed E-state index contributed by atoms with van der Waals surface area (Å²) >= 11 is 0. The maximum absolute atomic E-state index is 13.8. The van der Waals surface area contributed by atoms with Gasteiger partial charge in [-0.15, -0.1) is 0 Å². The van der Waals surface area contributed by atoms with E-state index in [4.69, 9.17) is 9.51 Å². The molecule has 2 fully saturated rings. The molecule has 6 nitrogen and oxygen atoms in total. The van der Waals surface area contributed by atoms with Gasteiger partial charge in [0.05, 0.1) is 11.1 Å². The van der Waals surface area contributed by atoms with Crippen LogP contribution in [0, 0.1) is 12.7 Å². The lowest BCUT2D eigenvalue weighted by atomic mass is 9.93. The van der Waals surface area contributed by atoms with Crippen molar-refractivity contribution in [2.75, 3.05) is 18.0 Å². The third-order valence-corrected chi connectivity index (χ3v) is 6.39. The van der Waals surface area contributed by atoms with Crippen molar-refractivity contribution in [3.05, 3.63) is 35.9 Å². The largest absolute Gasteiger partial charge is 0.356 e. The van der Waals surface area contributed by atoms with E-state index in [-0.39, 0.29) is 5.82 Å². The maximum atomic E-state index is 13.8. The van der Waals surface area contributed by atoms with Crippen LogP contribution in [0.5, 0.6) is 0 Å². The first-order valence-electron chi connectivity index (χ1n) is 11.1. The minimum absolute atomic E-state index is 0.280. The molecular formula is C23H28FN5O. The van der Waals surface area contributed by atoms with E-state index < -0.39 is 0 Å². The third-order valence-electron chi connectivity index (χ3n) is 6.39. The molecule has 1 aliphatic heterocycles. The SMILES string of the molecule is Cc1noc(-c2cc3ccc(F)cc3nc2N2CCC(NC3CCCCC3)CC2)n1. The van der Waals surface area contributed by atoms with Crippen LogP contribution < -0.4 is 10.2 Å². The number of hydrogen-bond donors (Lipinski definition) is 1. The Hall–Kier alpha value is -2.54. The lowest BCUT2D eigenvalue weighted by molar-refractivity contribution is 0.307. The predicted octanol–water partition coefficient (Wildman–Crippen LogP) is 4.62. The van der Waals surface area contributed by atoms with Crippen LogP contribution in [0.25, 0.3) is 22.4 Å². The van der Waals surface area contributed by atoms with Gasteiger partial charge in [0, 0.05) is 36.6 Å². The number of pyridine rings is 1. The molecule has 7 heteroatoms. The Bertz CT molecular complexity index is 1020. The highest BCUT2D eigenvalue weighted by atomic mass is 19.1. The van der Waals surface area contributed by atoms with Gasteiger partial charge in [0.25, 0.3) is 5.89 Å². The number of halogens is 1. The lowest BCUT2D eigenvalue weighted by Gasteiger charge is -2.36. The molecule has 158 valence electrons. The van der Waals surface area contributed by atoms with Crippen molar-refractivity contribution in [2.24, 2.45) is 0 Å². The Kier molecular flexibility index (Phi) is 5.37. The molecule has 3 aromatic rings. The molecule has 1 saturated carbocycles. The summed E-state index contributed by atoms with van der Waals surface area (Å²) in [5, 5.41) is 8.69. The number of nitrogens with one attached hydrogen (secondary N) is 1. The van der Waals surface area contributed by atoms with Crippen LogP contribution in [-0.2, 0) is 0 Å². The minimum Gasteiger partial charge on any atom is -0.356 e. The van der Waals surface area contributed by atoms with E-state index in [9.17, 15) is 4.39 Å². The molecule has 0 bridgehead atoms. The first-order chi connectivity index (χ1) is 14.7. The van der Waals surface area contributed by atoms with Gasteiger partial charge in [0.2, 0.25) is 0 Å². The van der Waals surface area contributed by atoms with Crippen molar-refractivity contribution in [1.29, 1.82) is 0 Å². The second-order valence-corrected chi connectivity index (χ2v) is 8.61. The summed E-state index contributed by atoms with van der Waals surface area (Å²) < 4.78 is 19.3. The Morgan fingerprint density at radius 1 is 1.00 bits per heavy atom. The van der Waals surface area contributed by atoms with Gasteiger partial charge in [-0.1, -0.05) is 24.4 Å². The molecule has 2 aromatic heterocycles. The highest BCUT2D eigenvalue weighted by Gasteiger charge is 2.26. The summed E-state index contributed by atoms with van der Waals surface area (Å²) in [5.74, 6) is 1.57. The van der Waals surface area contributed by atoms with Crippen LogP contribution in [0.4, 0.5) is 10.2 Å². The zero-order chi connectivity index (χ0) is 20.5. The molecule has 0 amide bonds. The molecule has 0 radical (unpaired) electrons. The molecule has 3 heterocycles. The van der Waals surface area contributed by atoms with Crippen LogP contribution in [0.2, 0.25) is 0 Å². The number of hydrogen-bond acceptors (Lipinski definition) is 6. The Balaban J connectivity index is 1.40. The smallest absolute Gasteiger partial charge is 0.261 e. The van der Waals surface area contributed by atoms with E-state index in [0.717, 1.165) is 42.7 Å². The topological polar surface area (TPSA) is 67.1 Å². The van der Waals surface area contributed by atoms with E-state index in [2.05, 4.69) is 20.4 Å². The van der Waals surface area contributed by atoms with Crippen molar-refractivity contribution in [3.63, 3.8) is 0 Å². The lowest BCUT2D eigenvalue weighted by Crippen LogP contribution is -2.47. The Morgan fingerprint density at radius 3 is 2.50 bits per heavy atom. The van der Waals surface area contributed by atoms with E-state index in [1.165, 1.54) is 44.2 Å². The average Bonchev–Trinajstić information content (AvgIpc) is 3.20. The molecule has 30 heavy (non-hydrogen) atoms.